The van der Waals surface area contributed by atoms with Crippen LogP contribution in [0.2, 0.25) is 0 Å². The van der Waals surface area contributed by atoms with Crippen molar-refractivity contribution in [2.45, 2.75) is 32.7 Å². The summed E-state index contributed by atoms with van der Waals surface area (Å²) in [6.07, 6.45) is 3.26. The monoisotopic (exact) mass is 405 g/mol. The molecule has 0 amide bonds. The number of nitrogens with one attached hydrogen (secondary N) is 1. The predicted molar refractivity (Wildman–Crippen MR) is 113 cm³/mol. The minimum absolute atomic E-state index is 0.0487. The number of nitro benzene ring substituents is 1. The van der Waals surface area contributed by atoms with E-state index in [0.29, 0.717) is 0 Å². The van der Waals surface area contributed by atoms with Crippen LogP contribution in [0, 0.1) is 10.1 Å². The van der Waals surface area contributed by atoms with Gasteiger partial charge in [0.05, 0.1) is 23.8 Å². The minimum Gasteiger partial charge on any atom is -0.497 e. The molecule has 154 valence electrons. The number of hydrogen-bond donors (Lipinski definition) is 1. The van der Waals surface area contributed by atoms with Crippen molar-refractivity contribution in [2.24, 2.45) is 0 Å². The van der Waals surface area contributed by atoms with Crippen molar-refractivity contribution < 1.29 is 14.5 Å². The predicted octanol–water partition coefficient (Wildman–Crippen LogP) is 4.32. The lowest BCUT2D eigenvalue weighted by Gasteiger charge is -2.29. The molecule has 0 bridgehead atoms. The van der Waals surface area contributed by atoms with E-state index in [-0.39, 0.29) is 22.4 Å². The molecule has 1 aliphatic carbocycles. The molecular weight excluding hydrogens is 382 g/mol. The van der Waals surface area contributed by atoms with E-state index in [0.717, 1.165) is 46.7 Å². The third-order valence-corrected chi connectivity index (χ3v) is 5.58. The standard InChI is InChI=1S/C23H23N3O4/c1-14(11-15(2)27)25-23(17-5-4-6-18(12-17)26(28)29)20-10-8-16-7-9-19(30-3)13-21(16)22(20)24-25/h4-7,9,11-13,23-24H,8,10H2,1-3H3/b14-11+/t23-/m1/s1. The zero-order chi connectivity index (χ0) is 21.4. The first-order chi connectivity index (χ1) is 14.4. The summed E-state index contributed by atoms with van der Waals surface area (Å²) in [5.41, 5.74) is 9.47. The minimum atomic E-state index is -0.384. The summed E-state index contributed by atoms with van der Waals surface area (Å²) in [5, 5.41) is 13.3. The molecule has 2 aromatic rings. The number of hydrazine groups is 1. The van der Waals surface area contributed by atoms with Crippen LogP contribution in [-0.2, 0) is 11.2 Å². The van der Waals surface area contributed by atoms with Crippen LogP contribution >= 0.6 is 0 Å². The van der Waals surface area contributed by atoms with Crippen LogP contribution in [0.15, 0.2) is 59.8 Å². The number of fused-ring (bicyclic) bond motifs is 2. The van der Waals surface area contributed by atoms with Crippen molar-refractivity contribution in [1.82, 2.24) is 10.4 Å². The maximum absolute atomic E-state index is 11.7. The molecule has 1 N–H and O–H groups in total. The van der Waals surface area contributed by atoms with Gasteiger partial charge in [0.25, 0.3) is 5.69 Å². The number of ketones is 1. The number of non-ortho nitro benzene ring substituents is 1. The highest BCUT2D eigenvalue weighted by Crippen LogP contribution is 2.46. The molecule has 0 saturated carbocycles. The zero-order valence-electron chi connectivity index (χ0n) is 17.1. The number of nitro groups is 1. The second-order valence-electron chi connectivity index (χ2n) is 7.56. The van der Waals surface area contributed by atoms with Crippen LogP contribution in [0.5, 0.6) is 5.75 Å². The first-order valence-corrected chi connectivity index (χ1v) is 9.78. The summed E-state index contributed by atoms with van der Waals surface area (Å²) in [7, 11) is 1.64. The lowest BCUT2D eigenvalue weighted by Crippen LogP contribution is -2.33. The summed E-state index contributed by atoms with van der Waals surface area (Å²) in [6, 6.07) is 12.5. The highest BCUT2D eigenvalue weighted by Gasteiger charge is 2.37. The van der Waals surface area contributed by atoms with Crippen molar-refractivity contribution >= 4 is 17.2 Å². The number of methoxy groups -OCH3 is 1. The average molecular weight is 405 g/mol. The molecule has 0 radical (unpaired) electrons. The van der Waals surface area contributed by atoms with Gasteiger partial charge in [-0.2, -0.15) is 0 Å². The van der Waals surface area contributed by atoms with Gasteiger partial charge in [-0.25, -0.2) is 0 Å². The number of nitrogens with zero attached hydrogens (tertiary/aromatic N) is 2. The van der Waals surface area contributed by atoms with Gasteiger partial charge in [-0.15, -0.1) is 0 Å². The normalized spacial score (nSPS) is 17.9. The van der Waals surface area contributed by atoms with E-state index in [1.165, 1.54) is 18.6 Å². The molecule has 0 unspecified atom stereocenters. The van der Waals surface area contributed by atoms with Crippen LogP contribution in [-0.4, -0.2) is 22.8 Å². The highest BCUT2D eigenvalue weighted by molar-refractivity contribution is 5.88. The molecule has 4 rings (SSSR count). The summed E-state index contributed by atoms with van der Waals surface area (Å²) >= 11 is 0. The molecule has 7 heteroatoms. The number of rotatable bonds is 5. The lowest BCUT2D eigenvalue weighted by molar-refractivity contribution is -0.384. The van der Waals surface area contributed by atoms with Gasteiger partial charge < -0.3 is 4.74 Å². The van der Waals surface area contributed by atoms with Gasteiger partial charge in [0, 0.05) is 29.5 Å². The second-order valence-corrected chi connectivity index (χ2v) is 7.56. The van der Waals surface area contributed by atoms with Gasteiger partial charge in [-0.1, -0.05) is 18.2 Å². The summed E-state index contributed by atoms with van der Waals surface area (Å²) in [4.78, 5) is 22.7. The maximum atomic E-state index is 11.7. The maximum Gasteiger partial charge on any atom is 0.269 e. The van der Waals surface area contributed by atoms with E-state index in [1.54, 1.807) is 25.3 Å². The fraction of sp³-hybridized carbons (Fsp3) is 0.261. The Labute approximate surface area is 174 Å². The number of carbonyl (C=O) groups is 1. The van der Waals surface area contributed by atoms with Crippen molar-refractivity contribution in [3.8, 4) is 5.75 Å². The molecule has 2 aliphatic rings. The topological polar surface area (TPSA) is 84.7 Å². The van der Waals surface area contributed by atoms with E-state index in [2.05, 4.69) is 11.5 Å². The van der Waals surface area contributed by atoms with Crippen LogP contribution < -0.4 is 10.2 Å². The SMILES string of the molecule is COc1ccc2c(c1)C1=C(CC2)[C@@H](c2cccc([N+](=O)[O-])c2)N(/C(C)=C/C(C)=O)N1. The molecule has 1 heterocycles. The third-order valence-electron chi connectivity index (χ3n) is 5.58. The molecule has 1 atom stereocenters. The first kappa shape index (κ1) is 19.7. The van der Waals surface area contributed by atoms with Crippen molar-refractivity contribution in [3.63, 3.8) is 0 Å². The molecule has 0 spiro atoms. The van der Waals surface area contributed by atoms with Gasteiger partial charge >= 0.3 is 0 Å². The summed E-state index contributed by atoms with van der Waals surface area (Å²) < 4.78 is 5.41. The number of benzene rings is 2. The molecular formula is C23H23N3O4. The molecule has 0 saturated heterocycles. The first-order valence-electron chi connectivity index (χ1n) is 9.78. The Hall–Kier alpha value is -3.61. The molecule has 0 fully saturated rings. The van der Waals surface area contributed by atoms with Gasteiger partial charge in [0.1, 0.15) is 5.75 Å². The fourth-order valence-corrected chi connectivity index (χ4v) is 4.26. The van der Waals surface area contributed by atoms with Crippen LogP contribution in [0.3, 0.4) is 0 Å². The Morgan fingerprint density at radius 2 is 2.03 bits per heavy atom. The Balaban J connectivity index is 1.87. The number of carbonyl (C=O) groups excluding carboxylic acids is 1. The fourth-order valence-electron chi connectivity index (χ4n) is 4.26. The van der Waals surface area contributed by atoms with E-state index >= 15 is 0 Å². The van der Waals surface area contributed by atoms with Crippen molar-refractivity contribution in [1.29, 1.82) is 0 Å². The molecule has 2 aromatic carbocycles. The molecule has 30 heavy (non-hydrogen) atoms. The molecule has 0 aromatic heterocycles. The van der Waals surface area contributed by atoms with Gasteiger partial charge in [-0.05, 0) is 55.5 Å². The van der Waals surface area contributed by atoms with Gasteiger partial charge in [-0.3, -0.25) is 25.3 Å². The number of aryl methyl sites for hydroxylation is 1. The quantitative estimate of drug-likeness (QED) is 0.453. The zero-order valence-corrected chi connectivity index (χ0v) is 17.1. The highest BCUT2D eigenvalue weighted by atomic mass is 16.6. The van der Waals surface area contributed by atoms with E-state index in [4.69, 9.17) is 4.74 Å². The second kappa shape index (κ2) is 7.67. The summed E-state index contributed by atoms with van der Waals surface area (Å²) in [5.74, 6) is 0.713. The Kier molecular flexibility index (Phi) is 5.03. The van der Waals surface area contributed by atoms with E-state index in [1.807, 2.05) is 30.1 Å². The largest absolute Gasteiger partial charge is 0.497 e. The van der Waals surface area contributed by atoms with Gasteiger partial charge in [0.2, 0.25) is 0 Å². The van der Waals surface area contributed by atoms with Gasteiger partial charge in [0.15, 0.2) is 5.78 Å². The van der Waals surface area contributed by atoms with Crippen LogP contribution in [0.4, 0.5) is 5.69 Å². The Bertz CT molecular complexity index is 1100. The average Bonchev–Trinajstić information content (AvgIpc) is 3.13. The van der Waals surface area contributed by atoms with Crippen LogP contribution in [0.25, 0.3) is 5.70 Å². The van der Waals surface area contributed by atoms with Crippen molar-refractivity contribution in [3.05, 3.63) is 86.6 Å². The van der Waals surface area contributed by atoms with E-state index < -0.39 is 0 Å². The molecule has 1 aliphatic heterocycles. The molecule has 7 nitrogen and oxygen atoms in total. The smallest absolute Gasteiger partial charge is 0.269 e. The number of hydrogen-bond acceptors (Lipinski definition) is 6. The summed E-state index contributed by atoms with van der Waals surface area (Å²) in [6.45, 7) is 3.37. The number of allylic oxidation sites excluding steroid dienone is 2. The lowest BCUT2D eigenvalue weighted by atomic mass is 9.85. The van der Waals surface area contributed by atoms with Crippen LogP contribution in [0.1, 0.15) is 43.0 Å². The Morgan fingerprint density at radius 1 is 1.23 bits per heavy atom. The Morgan fingerprint density at radius 3 is 2.73 bits per heavy atom. The van der Waals surface area contributed by atoms with E-state index in [9.17, 15) is 14.9 Å². The third kappa shape index (κ3) is 3.43. The number of ether oxygens (including phenoxy) is 1. The van der Waals surface area contributed by atoms with Crippen molar-refractivity contribution in [2.75, 3.05) is 7.11 Å².